The zero-order chi connectivity index (χ0) is 14.5. The maximum absolute atomic E-state index is 11.8. The number of amides is 2. The highest BCUT2D eigenvalue weighted by atomic mass is 79.9. The number of rotatable bonds is 4. The Kier molecular flexibility index (Phi) is 5.25. The van der Waals surface area contributed by atoms with E-state index in [0.717, 1.165) is 23.7 Å². The number of aliphatic hydroxyl groups excluding tert-OH is 1. The molecule has 1 aromatic carbocycles. The number of hydrogen-bond donors (Lipinski definition) is 3. The molecule has 6 heteroatoms. The smallest absolute Gasteiger partial charge is 0.319 e. The van der Waals surface area contributed by atoms with Gasteiger partial charge in [0.05, 0.1) is 17.7 Å². The van der Waals surface area contributed by atoms with E-state index in [1.165, 1.54) is 0 Å². The van der Waals surface area contributed by atoms with Gasteiger partial charge in [-0.2, -0.15) is 0 Å². The topological polar surface area (TPSA) is 70.6 Å². The monoisotopic (exact) mass is 342 g/mol. The average molecular weight is 343 g/mol. The van der Waals surface area contributed by atoms with Crippen LogP contribution in [0, 0.1) is 5.92 Å². The molecule has 0 aromatic heterocycles. The molecule has 0 bridgehead atoms. The highest BCUT2D eigenvalue weighted by Crippen LogP contribution is 2.28. The van der Waals surface area contributed by atoms with Crippen molar-refractivity contribution in [3.63, 3.8) is 0 Å². The van der Waals surface area contributed by atoms with E-state index in [9.17, 15) is 9.90 Å². The van der Waals surface area contributed by atoms with Crippen LogP contribution in [-0.4, -0.2) is 30.9 Å². The molecule has 2 rings (SSSR count). The van der Waals surface area contributed by atoms with E-state index in [4.69, 9.17) is 4.74 Å². The van der Waals surface area contributed by atoms with Crippen molar-refractivity contribution in [1.29, 1.82) is 0 Å². The van der Waals surface area contributed by atoms with Crippen LogP contribution in [0.25, 0.3) is 0 Å². The highest BCUT2D eigenvalue weighted by Gasteiger charge is 2.25. The fourth-order valence-electron chi connectivity index (χ4n) is 2.40. The molecule has 3 N–H and O–H groups in total. The van der Waals surface area contributed by atoms with E-state index in [1.807, 2.05) is 0 Å². The lowest BCUT2D eigenvalue weighted by Crippen LogP contribution is -2.35. The summed E-state index contributed by atoms with van der Waals surface area (Å²) in [7, 11) is 1.59. The molecule has 0 aliphatic heterocycles. The SMILES string of the molecule is COc1ccc(NC(=O)NC[C@@H]2CCC[C@@H]2O)cc1Br. The Morgan fingerprint density at radius 3 is 2.90 bits per heavy atom. The maximum atomic E-state index is 11.8. The summed E-state index contributed by atoms with van der Waals surface area (Å²) in [6, 6.07) is 5.07. The van der Waals surface area contributed by atoms with E-state index in [1.54, 1.807) is 25.3 Å². The highest BCUT2D eigenvalue weighted by molar-refractivity contribution is 9.10. The number of aliphatic hydroxyl groups is 1. The second-order valence-corrected chi connectivity index (χ2v) is 5.80. The van der Waals surface area contributed by atoms with Gasteiger partial charge in [0.25, 0.3) is 0 Å². The number of urea groups is 1. The summed E-state index contributed by atoms with van der Waals surface area (Å²) in [5, 5.41) is 15.2. The van der Waals surface area contributed by atoms with Crippen molar-refractivity contribution >= 4 is 27.6 Å². The van der Waals surface area contributed by atoms with Gasteiger partial charge in [0, 0.05) is 18.2 Å². The zero-order valence-electron chi connectivity index (χ0n) is 11.4. The molecule has 1 aliphatic carbocycles. The summed E-state index contributed by atoms with van der Waals surface area (Å²) in [5.41, 5.74) is 0.683. The minimum absolute atomic E-state index is 0.170. The van der Waals surface area contributed by atoms with Crippen molar-refractivity contribution in [1.82, 2.24) is 5.32 Å². The van der Waals surface area contributed by atoms with E-state index >= 15 is 0 Å². The minimum Gasteiger partial charge on any atom is -0.496 e. The number of ether oxygens (including phenoxy) is 1. The van der Waals surface area contributed by atoms with Gasteiger partial charge >= 0.3 is 6.03 Å². The number of hydrogen-bond acceptors (Lipinski definition) is 3. The van der Waals surface area contributed by atoms with Gasteiger partial charge in [0.2, 0.25) is 0 Å². The van der Waals surface area contributed by atoms with Crippen LogP contribution in [0.4, 0.5) is 10.5 Å². The summed E-state index contributed by atoms with van der Waals surface area (Å²) in [6.45, 7) is 0.504. The van der Waals surface area contributed by atoms with Crippen molar-refractivity contribution in [3.05, 3.63) is 22.7 Å². The molecule has 0 heterocycles. The molecule has 1 saturated carbocycles. The summed E-state index contributed by atoms with van der Waals surface area (Å²) in [5.74, 6) is 0.883. The van der Waals surface area contributed by atoms with Crippen LogP contribution in [0.15, 0.2) is 22.7 Å². The Balaban J connectivity index is 1.83. The van der Waals surface area contributed by atoms with Crippen LogP contribution >= 0.6 is 15.9 Å². The van der Waals surface area contributed by atoms with E-state index in [0.29, 0.717) is 18.0 Å². The molecule has 1 aliphatic rings. The number of methoxy groups -OCH3 is 1. The summed E-state index contributed by atoms with van der Waals surface area (Å²) in [4.78, 5) is 11.8. The van der Waals surface area contributed by atoms with Crippen LogP contribution < -0.4 is 15.4 Å². The molecule has 0 unspecified atom stereocenters. The molecule has 0 radical (unpaired) electrons. The first-order valence-electron chi connectivity index (χ1n) is 6.66. The Morgan fingerprint density at radius 2 is 2.30 bits per heavy atom. The fourth-order valence-corrected chi connectivity index (χ4v) is 2.94. The van der Waals surface area contributed by atoms with Crippen molar-refractivity contribution in [2.45, 2.75) is 25.4 Å². The molecule has 110 valence electrons. The zero-order valence-corrected chi connectivity index (χ0v) is 12.9. The quantitative estimate of drug-likeness (QED) is 0.787. The maximum Gasteiger partial charge on any atom is 0.319 e. The van der Waals surface area contributed by atoms with Crippen LogP contribution in [0.1, 0.15) is 19.3 Å². The number of benzene rings is 1. The second-order valence-electron chi connectivity index (χ2n) is 4.94. The lowest BCUT2D eigenvalue weighted by Gasteiger charge is -2.15. The third kappa shape index (κ3) is 3.86. The van der Waals surface area contributed by atoms with Crippen molar-refractivity contribution < 1.29 is 14.6 Å². The summed E-state index contributed by atoms with van der Waals surface area (Å²) < 4.78 is 5.91. The number of halogens is 1. The standard InChI is InChI=1S/C14H19BrN2O3/c1-20-13-6-5-10(7-11(13)15)17-14(19)16-8-9-3-2-4-12(9)18/h5-7,9,12,18H,2-4,8H2,1H3,(H2,16,17,19)/t9-,12-/m0/s1. The number of carbonyl (C=O) groups is 1. The first-order chi connectivity index (χ1) is 9.60. The summed E-state index contributed by atoms with van der Waals surface area (Å²) >= 11 is 3.37. The third-order valence-corrected chi connectivity index (χ3v) is 4.17. The molecular formula is C14H19BrN2O3. The third-order valence-electron chi connectivity index (χ3n) is 3.55. The Labute approximate surface area is 126 Å². The van der Waals surface area contributed by atoms with Crippen molar-refractivity contribution in [2.24, 2.45) is 5.92 Å². The molecule has 0 saturated heterocycles. The Morgan fingerprint density at radius 1 is 1.50 bits per heavy atom. The van der Waals surface area contributed by atoms with Gasteiger partial charge in [-0.3, -0.25) is 0 Å². The summed E-state index contributed by atoms with van der Waals surface area (Å²) in [6.07, 6.45) is 2.54. The van der Waals surface area contributed by atoms with Gasteiger partial charge in [0.15, 0.2) is 0 Å². The van der Waals surface area contributed by atoms with E-state index in [2.05, 4.69) is 26.6 Å². The second kappa shape index (κ2) is 6.95. The van der Waals surface area contributed by atoms with Crippen molar-refractivity contribution in [2.75, 3.05) is 19.0 Å². The van der Waals surface area contributed by atoms with Gasteiger partial charge in [-0.1, -0.05) is 6.42 Å². The lowest BCUT2D eigenvalue weighted by molar-refractivity contribution is 0.133. The van der Waals surface area contributed by atoms with Crippen molar-refractivity contribution in [3.8, 4) is 5.75 Å². The first kappa shape index (κ1) is 15.1. The van der Waals surface area contributed by atoms with E-state index in [-0.39, 0.29) is 18.1 Å². The molecule has 1 aromatic rings. The Hall–Kier alpha value is -1.27. The van der Waals surface area contributed by atoms with Gasteiger partial charge in [0.1, 0.15) is 5.75 Å². The number of carbonyl (C=O) groups excluding carboxylic acids is 1. The van der Waals surface area contributed by atoms with Crippen LogP contribution in [0.5, 0.6) is 5.75 Å². The largest absolute Gasteiger partial charge is 0.496 e. The van der Waals surface area contributed by atoms with Gasteiger partial charge in [-0.05, 0) is 47.0 Å². The van der Waals surface area contributed by atoms with Crippen LogP contribution in [0.2, 0.25) is 0 Å². The molecule has 2 atom stereocenters. The average Bonchev–Trinajstić information content (AvgIpc) is 2.82. The molecular weight excluding hydrogens is 324 g/mol. The fraction of sp³-hybridized carbons (Fsp3) is 0.500. The molecule has 5 nitrogen and oxygen atoms in total. The normalized spacial score (nSPS) is 21.6. The predicted octanol–water partition coefficient (Wildman–Crippen LogP) is 2.74. The number of nitrogens with one attached hydrogen (secondary N) is 2. The van der Waals surface area contributed by atoms with Gasteiger partial charge in [-0.25, -0.2) is 4.79 Å². The predicted molar refractivity (Wildman–Crippen MR) is 81.1 cm³/mol. The molecule has 1 fully saturated rings. The first-order valence-corrected chi connectivity index (χ1v) is 7.46. The van der Waals surface area contributed by atoms with E-state index < -0.39 is 0 Å². The molecule has 2 amide bonds. The molecule has 20 heavy (non-hydrogen) atoms. The Bertz CT molecular complexity index is 481. The minimum atomic E-state index is -0.287. The van der Waals surface area contributed by atoms with Crippen LogP contribution in [0.3, 0.4) is 0 Å². The number of anilines is 1. The van der Waals surface area contributed by atoms with Crippen LogP contribution in [-0.2, 0) is 0 Å². The lowest BCUT2D eigenvalue weighted by atomic mass is 10.1. The van der Waals surface area contributed by atoms with Gasteiger partial charge < -0.3 is 20.5 Å². The van der Waals surface area contributed by atoms with Gasteiger partial charge in [-0.15, -0.1) is 0 Å². The molecule has 0 spiro atoms.